The number of aryl methyl sites for hydroxylation is 1. The van der Waals surface area contributed by atoms with E-state index in [1.54, 1.807) is 0 Å². The van der Waals surface area contributed by atoms with E-state index in [9.17, 15) is 0 Å². The largest absolute Gasteiger partial charge is 0.398 e. The second-order valence-electron chi connectivity index (χ2n) is 4.48. The number of para-hydroxylation sites is 1. The first kappa shape index (κ1) is 10.8. The van der Waals surface area contributed by atoms with Gasteiger partial charge in [-0.15, -0.1) is 0 Å². The van der Waals surface area contributed by atoms with Crippen LogP contribution < -0.4 is 5.73 Å². The highest BCUT2D eigenvalue weighted by Crippen LogP contribution is 2.26. The summed E-state index contributed by atoms with van der Waals surface area (Å²) in [5.74, 6) is 0. The highest BCUT2D eigenvalue weighted by atomic mass is 14.7. The van der Waals surface area contributed by atoms with Gasteiger partial charge in [-0.1, -0.05) is 36.4 Å². The lowest BCUT2D eigenvalue weighted by atomic mass is 10.1. The number of nitrogen functional groups attached to an aromatic ring is 1. The van der Waals surface area contributed by atoms with Gasteiger partial charge in [-0.05, 0) is 30.7 Å². The van der Waals surface area contributed by atoms with Crippen molar-refractivity contribution in [1.82, 2.24) is 4.98 Å². The van der Waals surface area contributed by atoms with Crippen molar-refractivity contribution in [1.29, 1.82) is 0 Å². The van der Waals surface area contributed by atoms with Gasteiger partial charge in [0.1, 0.15) is 0 Å². The van der Waals surface area contributed by atoms with Gasteiger partial charge in [0.25, 0.3) is 0 Å². The van der Waals surface area contributed by atoms with E-state index in [2.05, 4.69) is 23.2 Å². The fraction of sp³-hybridized carbons (Fsp3) is 0.0625. The number of hydrogen-bond acceptors (Lipinski definition) is 2. The van der Waals surface area contributed by atoms with E-state index >= 15 is 0 Å². The van der Waals surface area contributed by atoms with Crippen molar-refractivity contribution < 1.29 is 0 Å². The Morgan fingerprint density at radius 3 is 2.61 bits per heavy atom. The van der Waals surface area contributed by atoms with Crippen molar-refractivity contribution in [2.45, 2.75) is 6.92 Å². The predicted octanol–water partition coefficient (Wildman–Crippen LogP) is 3.79. The van der Waals surface area contributed by atoms with Gasteiger partial charge in [0.05, 0.1) is 11.2 Å². The molecule has 2 nitrogen and oxygen atoms in total. The minimum atomic E-state index is 0.776. The second kappa shape index (κ2) is 4.15. The van der Waals surface area contributed by atoms with Gasteiger partial charge in [0.15, 0.2) is 0 Å². The average Bonchev–Trinajstić information content (AvgIpc) is 2.38. The molecule has 0 aliphatic rings. The fourth-order valence-electron chi connectivity index (χ4n) is 2.13. The lowest BCUT2D eigenvalue weighted by Gasteiger charge is -2.07. The Balaban J connectivity index is 2.19. The minimum absolute atomic E-state index is 0.776. The topological polar surface area (TPSA) is 38.9 Å². The molecule has 3 aromatic rings. The molecule has 18 heavy (non-hydrogen) atoms. The molecule has 1 aromatic heterocycles. The first-order chi connectivity index (χ1) is 8.74. The molecule has 3 rings (SSSR count). The molecule has 1 heterocycles. The van der Waals surface area contributed by atoms with Crippen molar-refractivity contribution in [3.05, 3.63) is 60.2 Å². The predicted molar refractivity (Wildman–Crippen MR) is 76.3 cm³/mol. The van der Waals surface area contributed by atoms with E-state index in [4.69, 9.17) is 5.73 Å². The Morgan fingerprint density at radius 1 is 0.944 bits per heavy atom. The van der Waals surface area contributed by atoms with E-state index in [1.807, 2.05) is 43.3 Å². The van der Waals surface area contributed by atoms with Crippen molar-refractivity contribution in [2.75, 3.05) is 5.73 Å². The van der Waals surface area contributed by atoms with Crippen molar-refractivity contribution in [3.8, 4) is 11.3 Å². The van der Waals surface area contributed by atoms with Crippen LogP contribution in [-0.2, 0) is 0 Å². The number of pyridine rings is 1. The third-order valence-electron chi connectivity index (χ3n) is 3.08. The zero-order valence-electron chi connectivity index (χ0n) is 10.2. The summed E-state index contributed by atoms with van der Waals surface area (Å²) >= 11 is 0. The Labute approximate surface area is 106 Å². The molecule has 2 aromatic carbocycles. The van der Waals surface area contributed by atoms with Crippen LogP contribution >= 0.6 is 0 Å². The van der Waals surface area contributed by atoms with Crippen LogP contribution in [0.3, 0.4) is 0 Å². The molecule has 88 valence electrons. The molecular formula is C16H14N2. The van der Waals surface area contributed by atoms with Gasteiger partial charge < -0.3 is 5.73 Å². The number of nitrogens with two attached hydrogens (primary N) is 1. The molecule has 0 aliphatic heterocycles. The maximum absolute atomic E-state index is 6.06. The quantitative estimate of drug-likeness (QED) is 0.650. The molecular weight excluding hydrogens is 220 g/mol. The molecule has 0 aliphatic carbocycles. The first-order valence-corrected chi connectivity index (χ1v) is 5.96. The summed E-state index contributed by atoms with van der Waals surface area (Å²) in [6.07, 6.45) is 0. The monoisotopic (exact) mass is 234 g/mol. The molecule has 0 amide bonds. The lowest BCUT2D eigenvalue weighted by Crippen LogP contribution is -1.93. The third kappa shape index (κ3) is 1.82. The maximum Gasteiger partial charge on any atom is 0.0730 e. The number of aromatic nitrogens is 1. The Kier molecular flexibility index (Phi) is 2.49. The summed E-state index contributed by atoms with van der Waals surface area (Å²) < 4.78 is 0. The first-order valence-electron chi connectivity index (χ1n) is 5.96. The van der Waals surface area contributed by atoms with E-state index in [-0.39, 0.29) is 0 Å². The normalized spacial score (nSPS) is 10.7. The molecule has 0 saturated carbocycles. The van der Waals surface area contributed by atoms with Crippen LogP contribution in [0.25, 0.3) is 22.2 Å². The molecule has 0 spiro atoms. The highest BCUT2D eigenvalue weighted by Gasteiger charge is 2.05. The van der Waals surface area contributed by atoms with Gasteiger partial charge in [-0.25, -0.2) is 4.98 Å². The van der Waals surface area contributed by atoms with Crippen LogP contribution in [-0.4, -0.2) is 4.98 Å². The molecule has 0 fully saturated rings. The van der Waals surface area contributed by atoms with Crippen LogP contribution in [0.2, 0.25) is 0 Å². The summed E-state index contributed by atoms with van der Waals surface area (Å²) in [7, 11) is 0. The van der Waals surface area contributed by atoms with Gasteiger partial charge in [-0.3, -0.25) is 0 Å². The standard InChI is InChI=1S/C16H14N2/c1-11-6-8-13(14(17)10-11)16-9-7-12-4-2-3-5-15(12)18-16/h2-10H,17H2,1H3. The van der Waals surface area contributed by atoms with Crippen molar-refractivity contribution in [2.24, 2.45) is 0 Å². The Bertz CT molecular complexity index is 717. The molecule has 0 saturated heterocycles. The fourth-order valence-corrected chi connectivity index (χ4v) is 2.13. The van der Waals surface area contributed by atoms with Gasteiger partial charge in [0.2, 0.25) is 0 Å². The zero-order valence-corrected chi connectivity index (χ0v) is 10.2. The van der Waals surface area contributed by atoms with Crippen molar-refractivity contribution in [3.63, 3.8) is 0 Å². The molecule has 2 N–H and O–H groups in total. The molecule has 2 heteroatoms. The van der Waals surface area contributed by atoms with Crippen LogP contribution in [0.15, 0.2) is 54.6 Å². The van der Waals surface area contributed by atoms with Gasteiger partial charge in [-0.2, -0.15) is 0 Å². The van der Waals surface area contributed by atoms with Crippen LogP contribution in [0, 0.1) is 6.92 Å². The maximum atomic E-state index is 6.06. The Morgan fingerprint density at radius 2 is 1.78 bits per heavy atom. The van der Waals surface area contributed by atoms with Crippen LogP contribution in [0.4, 0.5) is 5.69 Å². The van der Waals surface area contributed by atoms with Gasteiger partial charge in [0, 0.05) is 16.6 Å². The summed E-state index contributed by atoms with van der Waals surface area (Å²) in [5.41, 5.74) is 10.9. The van der Waals surface area contributed by atoms with E-state index in [1.165, 1.54) is 0 Å². The summed E-state index contributed by atoms with van der Waals surface area (Å²) in [4.78, 5) is 4.66. The van der Waals surface area contributed by atoms with E-state index in [0.29, 0.717) is 0 Å². The molecule has 0 radical (unpaired) electrons. The highest BCUT2D eigenvalue weighted by molar-refractivity contribution is 5.83. The molecule has 0 atom stereocenters. The second-order valence-corrected chi connectivity index (χ2v) is 4.48. The van der Waals surface area contributed by atoms with E-state index < -0.39 is 0 Å². The number of anilines is 1. The number of benzene rings is 2. The van der Waals surface area contributed by atoms with Crippen LogP contribution in [0.5, 0.6) is 0 Å². The summed E-state index contributed by atoms with van der Waals surface area (Å²) in [6.45, 7) is 2.04. The zero-order chi connectivity index (χ0) is 12.5. The lowest BCUT2D eigenvalue weighted by molar-refractivity contribution is 1.38. The van der Waals surface area contributed by atoms with Crippen molar-refractivity contribution >= 4 is 16.6 Å². The number of fused-ring (bicyclic) bond motifs is 1. The minimum Gasteiger partial charge on any atom is -0.398 e. The average molecular weight is 234 g/mol. The molecule has 0 unspecified atom stereocenters. The number of rotatable bonds is 1. The number of hydrogen-bond donors (Lipinski definition) is 1. The Hall–Kier alpha value is -2.35. The summed E-state index contributed by atoms with van der Waals surface area (Å²) in [6, 6.07) is 18.3. The SMILES string of the molecule is Cc1ccc(-c2ccc3ccccc3n2)c(N)c1. The summed E-state index contributed by atoms with van der Waals surface area (Å²) in [5, 5.41) is 1.15. The third-order valence-corrected chi connectivity index (χ3v) is 3.08. The van der Waals surface area contributed by atoms with Crippen LogP contribution in [0.1, 0.15) is 5.56 Å². The molecule has 0 bridgehead atoms. The smallest absolute Gasteiger partial charge is 0.0730 e. The van der Waals surface area contributed by atoms with E-state index in [0.717, 1.165) is 33.4 Å². The van der Waals surface area contributed by atoms with Gasteiger partial charge >= 0.3 is 0 Å². The number of nitrogens with zero attached hydrogens (tertiary/aromatic N) is 1.